The summed E-state index contributed by atoms with van der Waals surface area (Å²) < 4.78 is 15.8. The van der Waals surface area contributed by atoms with Crippen molar-refractivity contribution in [3.8, 4) is 0 Å². The van der Waals surface area contributed by atoms with Crippen LogP contribution in [0.25, 0.3) is 22.2 Å². The minimum absolute atomic E-state index is 0.275. The standard InChI is InChI=1S/C27H24FN5O/c28-20-11-5-4-10-19(20)14-16-30-27(34)23-24-26(32-22-13-7-6-12-21(22)31-24)33(25(23)29)17-15-18-8-2-1-3-9-18/h1-13H,14-17,29H2,(H,30,34). The number of hydrogen-bond acceptors (Lipinski definition) is 4. The molecule has 0 aliphatic carbocycles. The van der Waals surface area contributed by atoms with Gasteiger partial charge in [0.15, 0.2) is 5.65 Å². The van der Waals surface area contributed by atoms with E-state index >= 15 is 0 Å². The van der Waals surface area contributed by atoms with E-state index in [-0.39, 0.29) is 18.3 Å². The third-order valence-corrected chi connectivity index (χ3v) is 5.92. The second kappa shape index (κ2) is 9.31. The summed E-state index contributed by atoms with van der Waals surface area (Å²) in [6, 6.07) is 24.2. The first-order valence-electron chi connectivity index (χ1n) is 11.2. The summed E-state index contributed by atoms with van der Waals surface area (Å²) in [5.41, 5.74) is 11.0. The van der Waals surface area contributed by atoms with E-state index in [1.54, 1.807) is 18.2 Å². The zero-order valence-corrected chi connectivity index (χ0v) is 18.5. The number of halogens is 1. The predicted octanol–water partition coefficient (Wildman–Crippen LogP) is 4.52. The number of carbonyl (C=O) groups is 1. The van der Waals surface area contributed by atoms with Gasteiger partial charge < -0.3 is 15.6 Å². The summed E-state index contributed by atoms with van der Waals surface area (Å²) >= 11 is 0. The molecule has 5 rings (SSSR count). The van der Waals surface area contributed by atoms with E-state index in [1.807, 2.05) is 47.0 Å². The van der Waals surface area contributed by atoms with Gasteiger partial charge in [-0.3, -0.25) is 4.79 Å². The lowest BCUT2D eigenvalue weighted by molar-refractivity contribution is 0.0956. The number of nitrogen functional groups attached to an aromatic ring is 1. The van der Waals surface area contributed by atoms with Crippen LogP contribution in [-0.2, 0) is 19.4 Å². The SMILES string of the molecule is Nc1c(C(=O)NCCc2ccccc2F)c2nc3ccccc3nc2n1CCc1ccccc1. The lowest BCUT2D eigenvalue weighted by Gasteiger charge is -2.09. The van der Waals surface area contributed by atoms with E-state index in [0.717, 1.165) is 17.5 Å². The number of aryl methyl sites for hydroxylation is 2. The molecule has 0 unspecified atom stereocenters. The number of rotatable bonds is 7. The fourth-order valence-electron chi connectivity index (χ4n) is 4.15. The molecule has 0 atom stereocenters. The topological polar surface area (TPSA) is 85.8 Å². The molecule has 0 bridgehead atoms. The molecule has 7 heteroatoms. The van der Waals surface area contributed by atoms with Crippen molar-refractivity contribution in [2.24, 2.45) is 0 Å². The Morgan fingerprint density at radius 2 is 1.56 bits per heavy atom. The maximum absolute atomic E-state index is 13.9. The summed E-state index contributed by atoms with van der Waals surface area (Å²) in [6.07, 6.45) is 1.11. The van der Waals surface area contributed by atoms with Crippen LogP contribution in [0, 0.1) is 5.82 Å². The molecule has 0 spiro atoms. The van der Waals surface area contributed by atoms with Gasteiger partial charge in [0.2, 0.25) is 0 Å². The Bertz CT molecular complexity index is 1480. The number of fused-ring (bicyclic) bond motifs is 2. The van der Waals surface area contributed by atoms with Gasteiger partial charge in [-0.2, -0.15) is 0 Å². The summed E-state index contributed by atoms with van der Waals surface area (Å²) in [4.78, 5) is 22.7. The van der Waals surface area contributed by atoms with Crippen molar-refractivity contribution < 1.29 is 9.18 Å². The molecule has 3 aromatic carbocycles. The molecule has 2 heterocycles. The quantitative estimate of drug-likeness (QED) is 0.379. The minimum Gasteiger partial charge on any atom is -0.384 e. The first-order chi connectivity index (χ1) is 16.6. The molecule has 0 fully saturated rings. The number of aromatic nitrogens is 3. The normalized spacial score (nSPS) is 11.2. The number of para-hydroxylation sites is 2. The molecule has 1 amide bonds. The van der Waals surface area contributed by atoms with Gasteiger partial charge in [0, 0.05) is 13.1 Å². The van der Waals surface area contributed by atoms with E-state index in [1.165, 1.54) is 6.07 Å². The number of amides is 1. The number of anilines is 1. The Kier molecular flexibility index (Phi) is 5.91. The van der Waals surface area contributed by atoms with Crippen LogP contribution in [0.5, 0.6) is 0 Å². The van der Waals surface area contributed by atoms with Crippen molar-refractivity contribution >= 4 is 33.9 Å². The largest absolute Gasteiger partial charge is 0.384 e. The van der Waals surface area contributed by atoms with Gasteiger partial charge in [-0.25, -0.2) is 14.4 Å². The first-order valence-corrected chi connectivity index (χ1v) is 11.2. The van der Waals surface area contributed by atoms with Crippen LogP contribution in [-0.4, -0.2) is 27.0 Å². The highest BCUT2D eigenvalue weighted by molar-refractivity contribution is 6.10. The molecule has 2 aromatic heterocycles. The van der Waals surface area contributed by atoms with Crippen LogP contribution < -0.4 is 11.1 Å². The lowest BCUT2D eigenvalue weighted by atomic mass is 10.1. The lowest BCUT2D eigenvalue weighted by Crippen LogP contribution is -2.26. The maximum Gasteiger partial charge on any atom is 0.257 e. The average molecular weight is 454 g/mol. The van der Waals surface area contributed by atoms with Crippen molar-refractivity contribution in [2.45, 2.75) is 19.4 Å². The Hall–Kier alpha value is -4.26. The molecule has 5 aromatic rings. The second-order valence-corrected chi connectivity index (χ2v) is 8.13. The summed E-state index contributed by atoms with van der Waals surface area (Å²) in [5, 5.41) is 2.88. The molecule has 0 aliphatic heterocycles. The van der Waals surface area contributed by atoms with Gasteiger partial charge in [0.25, 0.3) is 5.91 Å². The van der Waals surface area contributed by atoms with Crippen LogP contribution in [0.3, 0.4) is 0 Å². The molecule has 6 nitrogen and oxygen atoms in total. The van der Waals surface area contributed by atoms with Crippen molar-refractivity contribution in [1.82, 2.24) is 19.9 Å². The van der Waals surface area contributed by atoms with Crippen LogP contribution in [0.4, 0.5) is 10.2 Å². The predicted molar refractivity (Wildman–Crippen MR) is 132 cm³/mol. The molecule has 34 heavy (non-hydrogen) atoms. The van der Waals surface area contributed by atoms with Crippen molar-refractivity contribution in [2.75, 3.05) is 12.3 Å². The Morgan fingerprint density at radius 3 is 2.32 bits per heavy atom. The van der Waals surface area contributed by atoms with Gasteiger partial charge in [-0.05, 0) is 42.2 Å². The summed E-state index contributed by atoms with van der Waals surface area (Å²) in [6.45, 7) is 0.832. The third kappa shape index (κ3) is 4.20. The number of nitrogens with two attached hydrogens (primary N) is 1. The van der Waals surface area contributed by atoms with Crippen molar-refractivity contribution in [1.29, 1.82) is 0 Å². The number of hydrogen-bond donors (Lipinski definition) is 2. The van der Waals surface area contributed by atoms with Crippen LogP contribution in [0.15, 0.2) is 78.9 Å². The van der Waals surface area contributed by atoms with Gasteiger partial charge in [0.05, 0.1) is 11.0 Å². The van der Waals surface area contributed by atoms with E-state index in [4.69, 9.17) is 15.7 Å². The fraction of sp³-hybridized carbons (Fsp3) is 0.148. The monoisotopic (exact) mass is 453 g/mol. The molecule has 0 aliphatic rings. The fourth-order valence-corrected chi connectivity index (χ4v) is 4.15. The minimum atomic E-state index is -0.345. The molecule has 0 radical (unpaired) electrons. The summed E-state index contributed by atoms with van der Waals surface area (Å²) in [7, 11) is 0. The zero-order valence-electron chi connectivity index (χ0n) is 18.5. The molecule has 170 valence electrons. The average Bonchev–Trinajstić information content (AvgIpc) is 3.13. The maximum atomic E-state index is 13.9. The van der Waals surface area contributed by atoms with Gasteiger partial charge in [-0.1, -0.05) is 60.7 Å². The Balaban J connectivity index is 1.48. The number of benzene rings is 3. The van der Waals surface area contributed by atoms with Crippen molar-refractivity contribution in [3.05, 3.63) is 101 Å². The van der Waals surface area contributed by atoms with Crippen LogP contribution >= 0.6 is 0 Å². The van der Waals surface area contributed by atoms with Crippen LogP contribution in [0.2, 0.25) is 0 Å². The molecular weight excluding hydrogens is 429 g/mol. The van der Waals surface area contributed by atoms with Crippen LogP contribution in [0.1, 0.15) is 21.5 Å². The van der Waals surface area contributed by atoms with E-state index < -0.39 is 0 Å². The Morgan fingerprint density at radius 1 is 0.882 bits per heavy atom. The molecule has 0 saturated carbocycles. The Labute approximate surface area is 196 Å². The summed E-state index contributed by atoms with van der Waals surface area (Å²) in [5.74, 6) is -0.308. The zero-order chi connectivity index (χ0) is 23.5. The highest BCUT2D eigenvalue weighted by Gasteiger charge is 2.23. The smallest absolute Gasteiger partial charge is 0.257 e. The van der Waals surface area contributed by atoms with Gasteiger partial charge in [0.1, 0.15) is 22.7 Å². The van der Waals surface area contributed by atoms with Crippen molar-refractivity contribution in [3.63, 3.8) is 0 Å². The number of nitrogens with zero attached hydrogens (tertiary/aromatic N) is 3. The van der Waals surface area contributed by atoms with E-state index in [0.29, 0.717) is 46.6 Å². The second-order valence-electron chi connectivity index (χ2n) is 8.13. The molecule has 3 N–H and O–H groups in total. The number of carbonyl (C=O) groups excluding carboxylic acids is 1. The van der Waals surface area contributed by atoms with E-state index in [2.05, 4.69) is 17.4 Å². The molecule has 0 saturated heterocycles. The van der Waals surface area contributed by atoms with E-state index in [9.17, 15) is 9.18 Å². The molecular formula is C27H24FN5O. The highest BCUT2D eigenvalue weighted by Crippen LogP contribution is 2.28. The third-order valence-electron chi connectivity index (χ3n) is 5.92. The van der Waals surface area contributed by atoms with Gasteiger partial charge >= 0.3 is 0 Å². The number of nitrogens with one attached hydrogen (secondary N) is 1. The highest BCUT2D eigenvalue weighted by atomic mass is 19.1. The van der Waals surface area contributed by atoms with Gasteiger partial charge in [-0.15, -0.1) is 0 Å². The first kappa shape index (κ1) is 21.6.